The van der Waals surface area contributed by atoms with Crippen molar-refractivity contribution in [3.8, 4) is 0 Å². The number of hydrogen-bond donors (Lipinski definition) is 1. The minimum atomic E-state index is 0.102. The minimum Gasteiger partial charge on any atom is -0.342 e. The highest BCUT2D eigenvalue weighted by Crippen LogP contribution is 2.08. The Bertz CT molecular complexity index is 359. The number of nitrogens with two attached hydrogens (primary N) is 1. The van der Waals surface area contributed by atoms with Crippen molar-refractivity contribution in [1.82, 2.24) is 4.90 Å². The fraction of sp³-hybridized carbons (Fsp3) is 0.533. The van der Waals surface area contributed by atoms with Crippen LogP contribution in [0.5, 0.6) is 0 Å². The predicted octanol–water partition coefficient (Wildman–Crippen LogP) is 2.45. The molecule has 1 aromatic rings. The number of carbonyl (C=O) groups excluding carboxylic acids is 1. The normalized spacial score (nSPS) is 10.4. The van der Waals surface area contributed by atoms with Gasteiger partial charge in [0.05, 0.1) is 0 Å². The standard InChI is InChI=1S/C15H24N2O/c1-3-13-7-9-14(10-8-13)15(18)17(2)12-6-4-5-11-16/h7-10H,3-6,11-12,16H2,1-2H3. The molecule has 3 nitrogen and oxygen atoms in total. The van der Waals surface area contributed by atoms with Crippen LogP contribution in [0.1, 0.15) is 42.1 Å². The number of carbonyl (C=O) groups is 1. The molecule has 0 atom stereocenters. The molecule has 2 N–H and O–H groups in total. The lowest BCUT2D eigenvalue weighted by Gasteiger charge is -2.17. The van der Waals surface area contributed by atoms with Crippen molar-refractivity contribution >= 4 is 5.91 Å². The number of amides is 1. The maximum absolute atomic E-state index is 12.1. The van der Waals surface area contributed by atoms with Crippen molar-refractivity contribution in [3.05, 3.63) is 35.4 Å². The molecule has 1 amide bonds. The zero-order valence-corrected chi connectivity index (χ0v) is 11.5. The Morgan fingerprint density at radius 1 is 1.17 bits per heavy atom. The SMILES string of the molecule is CCc1ccc(C(=O)N(C)CCCCCN)cc1. The lowest BCUT2D eigenvalue weighted by atomic mass is 10.1. The third-order valence-corrected chi connectivity index (χ3v) is 3.15. The van der Waals surface area contributed by atoms with Gasteiger partial charge in [0.2, 0.25) is 0 Å². The number of rotatable bonds is 7. The molecule has 0 spiro atoms. The molecule has 0 heterocycles. The molecule has 0 aliphatic carbocycles. The molecule has 0 saturated heterocycles. The molecule has 0 bridgehead atoms. The first-order valence-corrected chi connectivity index (χ1v) is 6.73. The monoisotopic (exact) mass is 248 g/mol. The summed E-state index contributed by atoms with van der Waals surface area (Å²) < 4.78 is 0. The van der Waals surface area contributed by atoms with Gasteiger partial charge in [-0.05, 0) is 43.5 Å². The molecule has 3 heteroatoms. The van der Waals surface area contributed by atoms with Gasteiger partial charge < -0.3 is 10.6 Å². The van der Waals surface area contributed by atoms with Crippen LogP contribution >= 0.6 is 0 Å². The van der Waals surface area contributed by atoms with E-state index in [1.165, 1.54) is 5.56 Å². The molecule has 0 aliphatic rings. The van der Waals surface area contributed by atoms with Gasteiger partial charge >= 0.3 is 0 Å². The molecule has 0 unspecified atom stereocenters. The van der Waals surface area contributed by atoms with Crippen LogP contribution in [0.25, 0.3) is 0 Å². The number of unbranched alkanes of at least 4 members (excludes halogenated alkanes) is 2. The van der Waals surface area contributed by atoms with E-state index >= 15 is 0 Å². The minimum absolute atomic E-state index is 0.102. The van der Waals surface area contributed by atoms with Gasteiger partial charge in [0.25, 0.3) is 5.91 Å². The van der Waals surface area contributed by atoms with E-state index in [2.05, 4.69) is 6.92 Å². The molecule has 1 rings (SSSR count). The number of nitrogens with zero attached hydrogens (tertiary/aromatic N) is 1. The molecule has 0 saturated carbocycles. The van der Waals surface area contributed by atoms with Crippen LogP contribution in [0.2, 0.25) is 0 Å². The van der Waals surface area contributed by atoms with Crippen molar-refractivity contribution in [3.63, 3.8) is 0 Å². The number of benzene rings is 1. The first kappa shape index (κ1) is 14.7. The topological polar surface area (TPSA) is 46.3 Å². The quantitative estimate of drug-likeness (QED) is 0.753. The van der Waals surface area contributed by atoms with Crippen LogP contribution in [-0.2, 0) is 6.42 Å². The lowest BCUT2D eigenvalue weighted by Crippen LogP contribution is -2.27. The van der Waals surface area contributed by atoms with E-state index in [1.807, 2.05) is 31.3 Å². The van der Waals surface area contributed by atoms with E-state index in [0.29, 0.717) is 0 Å². The molecule has 0 aromatic heterocycles. The van der Waals surface area contributed by atoms with Crippen LogP contribution < -0.4 is 5.73 Å². The van der Waals surface area contributed by atoms with Crippen LogP contribution in [0.3, 0.4) is 0 Å². The first-order chi connectivity index (χ1) is 8.69. The van der Waals surface area contributed by atoms with E-state index in [1.54, 1.807) is 4.90 Å². The Morgan fingerprint density at radius 3 is 2.39 bits per heavy atom. The average Bonchev–Trinajstić information content (AvgIpc) is 2.42. The van der Waals surface area contributed by atoms with Gasteiger partial charge in [0.15, 0.2) is 0 Å². The van der Waals surface area contributed by atoms with Crippen molar-refractivity contribution in [2.24, 2.45) is 5.73 Å². The van der Waals surface area contributed by atoms with Gasteiger partial charge in [0, 0.05) is 19.2 Å². The number of aryl methyl sites for hydroxylation is 1. The molecular weight excluding hydrogens is 224 g/mol. The third kappa shape index (κ3) is 4.49. The Hall–Kier alpha value is -1.35. The summed E-state index contributed by atoms with van der Waals surface area (Å²) in [5, 5.41) is 0. The molecule has 18 heavy (non-hydrogen) atoms. The highest BCUT2D eigenvalue weighted by atomic mass is 16.2. The number of hydrogen-bond acceptors (Lipinski definition) is 2. The van der Waals surface area contributed by atoms with Gasteiger partial charge in [0.1, 0.15) is 0 Å². The summed E-state index contributed by atoms with van der Waals surface area (Å²) in [5.41, 5.74) is 7.48. The van der Waals surface area contributed by atoms with Gasteiger partial charge in [-0.25, -0.2) is 0 Å². The zero-order valence-electron chi connectivity index (χ0n) is 11.5. The summed E-state index contributed by atoms with van der Waals surface area (Å²) in [6, 6.07) is 7.88. The highest BCUT2D eigenvalue weighted by molar-refractivity contribution is 5.94. The van der Waals surface area contributed by atoms with Gasteiger partial charge in [-0.15, -0.1) is 0 Å². The lowest BCUT2D eigenvalue weighted by molar-refractivity contribution is 0.0792. The van der Waals surface area contributed by atoms with Gasteiger partial charge in [-0.3, -0.25) is 4.79 Å². The summed E-state index contributed by atoms with van der Waals surface area (Å²) in [7, 11) is 1.86. The average molecular weight is 248 g/mol. The summed E-state index contributed by atoms with van der Waals surface area (Å²) in [5.74, 6) is 0.102. The molecule has 100 valence electrons. The largest absolute Gasteiger partial charge is 0.342 e. The van der Waals surface area contributed by atoms with E-state index in [9.17, 15) is 4.79 Å². The van der Waals surface area contributed by atoms with E-state index in [4.69, 9.17) is 5.73 Å². The van der Waals surface area contributed by atoms with Crippen molar-refractivity contribution in [1.29, 1.82) is 0 Å². The van der Waals surface area contributed by atoms with Gasteiger partial charge in [-0.2, -0.15) is 0 Å². The highest BCUT2D eigenvalue weighted by Gasteiger charge is 2.10. The van der Waals surface area contributed by atoms with Crippen molar-refractivity contribution in [2.75, 3.05) is 20.1 Å². The second kappa shape index (κ2) is 7.88. The van der Waals surface area contributed by atoms with Crippen molar-refractivity contribution in [2.45, 2.75) is 32.6 Å². The van der Waals surface area contributed by atoms with Crippen LogP contribution in [0.4, 0.5) is 0 Å². The molecular formula is C15H24N2O. The van der Waals surface area contributed by atoms with E-state index in [0.717, 1.165) is 44.3 Å². The molecule has 0 fully saturated rings. The first-order valence-electron chi connectivity index (χ1n) is 6.73. The summed E-state index contributed by atoms with van der Waals surface area (Å²) >= 11 is 0. The predicted molar refractivity (Wildman–Crippen MR) is 75.7 cm³/mol. The summed E-state index contributed by atoms with van der Waals surface area (Å²) in [6.07, 6.45) is 4.14. The van der Waals surface area contributed by atoms with Crippen LogP contribution in [0.15, 0.2) is 24.3 Å². The Kier molecular flexibility index (Phi) is 6.44. The molecule has 0 aliphatic heterocycles. The second-order valence-corrected chi connectivity index (χ2v) is 4.63. The fourth-order valence-corrected chi connectivity index (χ4v) is 1.88. The zero-order chi connectivity index (χ0) is 13.4. The smallest absolute Gasteiger partial charge is 0.253 e. The third-order valence-electron chi connectivity index (χ3n) is 3.15. The van der Waals surface area contributed by atoms with Gasteiger partial charge in [-0.1, -0.05) is 25.5 Å². The maximum atomic E-state index is 12.1. The van der Waals surface area contributed by atoms with E-state index in [-0.39, 0.29) is 5.91 Å². The fourth-order valence-electron chi connectivity index (χ4n) is 1.88. The Balaban J connectivity index is 2.46. The van der Waals surface area contributed by atoms with E-state index < -0.39 is 0 Å². The van der Waals surface area contributed by atoms with Crippen LogP contribution in [-0.4, -0.2) is 30.9 Å². The maximum Gasteiger partial charge on any atom is 0.253 e. The molecule has 1 aromatic carbocycles. The summed E-state index contributed by atoms with van der Waals surface area (Å²) in [6.45, 7) is 3.64. The summed E-state index contributed by atoms with van der Waals surface area (Å²) in [4.78, 5) is 13.9. The Labute approximate surface area is 110 Å². The van der Waals surface area contributed by atoms with Crippen LogP contribution in [0, 0.1) is 0 Å². The molecule has 0 radical (unpaired) electrons. The van der Waals surface area contributed by atoms with Crippen molar-refractivity contribution < 1.29 is 4.79 Å². The second-order valence-electron chi connectivity index (χ2n) is 4.63. The Morgan fingerprint density at radius 2 is 1.83 bits per heavy atom.